The van der Waals surface area contributed by atoms with Gasteiger partial charge < -0.3 is 24.2 Å². The van der Waals surface area contributed by atoms with Crippen molar-refractivity contribution in [2.75, 3.05) is 26.4 Å². The molecule has 0 fully saturated rings. The number of hydrogen-bond donors (Lipinski definition) is 4. The van der Waals surface area contributed by atoms with Crippen molar-refractivity contribution in [3.8, 4) is 0 Å². The molecule has 0 aliphatic heterocycles. The van der Waals surface area contributed by atoms with Crippen molar-refractivity contribution in [3.63, 3.8) is 0 Å². The van der Waals surface area contributed by atoms with Crippen LogP contribution in [0, 0.1) is 0 Å². The molecule has 0 rings (SSSR count). The normalized spacial score (nSPS) is 14.4. The zero-order chi connectivity index (χ0) is 27.6. The summed E-state index contributed by atoms with van der Waals surface area (Å²) in [7, 11) is -10.4. The maximum Gasteiger partial charge on any atom is 0.481 e. The fourth-order valence-corrected chi connectivity index (χ4v) is 3.87. The maximum absolute atomic E-state index is 11.6. The second-order valence-electron chi connectivity index (χ2n) is 7.82. The van der Waals surface area contributed by atoms with Gasteiger partial charge in [-0.25, -0.2) is 19.4 Å². The van der Waals surface area contributed by atoms with Crippen LogP contribution in [0.4, 0.5) is 0 Å². The molecule has 1 unspecified atom stereocenters. The molecule has 36 heavy (non-hydrogen) atoms. The molecule has 206 valence electrons. The summed E-state index contributed by atoms with van der Waals surface area (Å²) < 4.78 is 38.8. The number of ether oxygens (including phenoxy) is 2. The Morgan fingerprint density at radius 2 is 1.56 bits per heavy atom. The molecule has 0 saturated heterocycles. The first-order chi connectivity index (χ1) is 16.7. The summed E-state index contributed by atoms with van der Waals surface area (Å²) in [5.41, 5.74) is 6.06. The van der Waals surface area contributed by atoms with E-state index in [1.165, 1.54) is 17.4 Å². The molecule has 0 heterocycles. The predicted octanol–water partition coefficient (Wildman–Crippen LogP) is 3.29. The van der Waals surface area contributed by atoms with Crippen molar-refractivity contribution in [2.24, 2.45) is 5.10 Å². The van der Waals surface area contributed by atoms with E-state index in [9.17, 15) is 18.7 Å². The summed E-state index contributed by atoms with van der Waals surface area (Å²) in [5, 5.41) is 3.79. The number of phosphoric ester groups is 1. The standard InChI is InChI=1S/C21H36N2O11P2/c1-17(2)7-5-8-18(3)9-6-10-19(4)11-12-22-23-20(24)15-31-13-14-32-21(25)16-33-36(29,30)34-35(26,27)28/h7,9,11-12H,5-6,8,10,13-16H2,1-4H3,(H,23,24)(H,29,30)(H2,26,27,28)/b18-9+,19-11+,22-12+. The minimum atomic E-state index is -5.28. The largest absolute Gasteiger partial charge is 0.481 e. The first-order valence-corrected chi connectivity index (χ1v) is 14.0. The Labute approximate surface area is 211 Å². The van der Waals surface area contributed by atoms with Crippen LogP contribution in [-0.2, 0) is 37.0 Å². The van der Waals surface area contributed by atoms with E-state index in [1.54, 1.807) is 6.08 Å². The molecule has 0 aliphatic rings. The molecule has 1 atom stereocenters. The van der Waals surface area contributed by atoms with E-state index in [4.69, 9.17) is 19.4 Å². The number of nitrogens with zero attached hydrogens (tertiary/aromatic N) is 1. The zero-order valence-electron chi connectivity index (χ0n) is 20.9. The lowest BCUT2D eigenvalue weighted by Crippen LogP contribution is -2.24. The molecule has 1 amide bonds. The number of hydrogen-bond acceptors (Lipinski definition) is 9. The van der Waals surface area contributed by atoms with Crippen LogP contribution in [0.2, 0.25) is 0 Å². The first-order valence-electron chi connectivity index (χ1n) is 10.9. The van der Waals surface area contributed by atoms with Crippen molar-refractivity contribution < 1.29 is 51.7 Å². The number of esters is 1. The molecular formula is C21H36N2O11P2. The summed E-state index contributed by atoms with van der Waals surface area (Å²) >= 11 is 0. The highest BCUT2D eigenvalue weighted by atomic mass is 31.3. The molecule has 0 aromatic rings. The van der Waals surface area contributed by atoms with E-state index in [-0.39, 0.29) is 19.8 Å². The van der Waals surface area contributed by atoms with Gasteiger partial charge in [-0.3, -0.25) is 9.32 Å². The summed E-state index contributed by atoms with van der Waals surface area (Å²) in [4.78, 5) is 48.9. The number of amides is 1. The Hall–Kier alpha value is -1.95. The van der Waals surface area contributed by atoms with Gasteiger partial charge in [-0.15, -0.1) is 0 Å². The second-order valence-corrected chi connectivity index (χ2v) is 10.7. The van der Waals surface area contributed by atoms with Crippen LogP contribution >= 0.6 is 15.6 Å². The highest BCUT2D eigenvalue weighted by Gasteiger charge is 2.33. The molecule has 0 aliphatic carbocycles. The Balaban J connectivity index is 3.99. The average molecular weight is 554 g/mol. The highest BCUT2D eigenvalue weighted by Crippen LogP contribution is 2.57. The number of nitrogens with one attached hydrogen (secondary N) is 1. The number of hydrazone groups is 1. The summed E-state index contributed by atoms with van der Waals surface area (Å²) in [6.45, 7) is 6.35. The molecule has 0 bridgehead atoms. The predicted molar refractivity (Wildman–Crippen MR) is 133 cm³/mol. The Bertz CT molecular complexity index is 919. The maximum atomic E-state index is 11.6. The monoisotopic (exact) mass is 554 g/mol. The molecule has 15 heteroatoms. The number of rotatable bonds is 18. The van der Waals surface area contributed by atoms with Gasteiger partial charge >= 0.3 is 21.6 Å². The molecule has 0 radical (unpaired) electrons. The van der Waals surface area contributed by atoms with Crippen molar-refractivity contribution in [2.45, 2.75) is 53.4 Å². The van der Waals surface area contributed by atoms with Crippen LogP contribution in [-0.4, -0.2) is 59.2 Å². The van der Waals surface area contributed by atoms with Crippen LogP contribution in [0.3, 0.4) is 0 Å². The van der Waals surface area contributed by atoms with E-state index in [1.807, 2.05) is 6.92 Å². The van der Waals surface area contributed by atoms with Crippen molar-refractivity contribution in [1.82, 2.24) is 5.43 Å². The minimum absolute atomic E-state index is 0.168. The lowest BCUT2D eigenvalue weighted by molar-refractivity contribution is -0.148. The summed E-state index contributed by atoms with van der Waals surface area (Å²) in [6, 6.07) is 0. The smallest absolute Gasteiger partial charge is 0.462 e. The van der Waals surface area contributed by atoms with Gasteiger partial charge in [-0.1, -0.05) is 28.9 Å². The van der Waals surface area contributed by atoms with Crippen LogP contribution in [0.25, 0.3) is 0 Å². The van der Waals surface area contributed by atoms with E-state index in [0.717, 1.165) is 31.3 Å². The molecule has 0 saturated carbocycles. The van der Waals surface area contributed by atoms with Gasteiger partial charge in [-0.05, 0) is 59.5 Å². The minimum Gasteiger partial charge on any atom is -0.462 e. The van der Waals surface area contributed by atoms with Crippen LogP contribution < -0.4 is 5.43 Å². The molecule has 0 spiro atoms. The lowest BCUT2D eigenvalue weighted by Gasteiger charge is -2.12. The first kappa shape index (κ1) is 34.0. The fourth-order valence-electron chi connectivity index (χ4n) is 2.34. The van der Waals surface area contributed by atoms with Gasteiger partial charge in [0, 0.05) is 6.21 Å². The van der Waals surface area contributed by atoms with Gasteiger partial charge in [-0.2, -0.15) is 9.41 Å². The zero-order valence-corrected chi connectivity index (χ0v) is 22.7. The van der Waals surface area contributed by atoms with Crippen molar-refractivity contribution in [1.29, 1.82) is 0 Å². The number of phosphoric acid groups is 2. The summed E-state index contributed by atoms with van der Waals surface area (Å²) in [6.07, 6.45) is 11.6. The molecule has 4 N–H and O–H groups in total. The van der Waals surface area contributed by atoms with E-state index >= 15 is 0 Å². The Morgan fingerprint density at radius 3 is 2.19 bits per heavy atom. The third kappa shape index (κ3) is 22.5. The van der Waals surface area contributed by atoms with E-state index in [2.05, 4.69) is 57.0 Å². The van der Waals surface area contributed by atoms with Crippen LogP contribution in [0.15, 0.2) is 40.0 Å². The molecular weight excluding hydrogens is 518 g/mol. The fraction of sp³-hybridized carbons (Fsp3) is 0.571. The van der Waals surface area contributed by atoms with Crippen LogP contribution in [0.5, 0.6) is 0 Å². The van der Waals surface area contributed by atoms with E-state index < -0.39 is 34.1 Å². The van der Waals surface area contributed by atoms with Crippen molar-refractivity contribution >= 4 is 33.7 Å². The number of carbonyl (C=O) groups excluding carboxylic acids is 2. The molecule has 13 nitrogen and oxygen atoms in total. The molecule has 0 aromatic carbocycles. The second kappa shape index (κ2) is 18.3. The number of carbonyl (C=O) groups is 2. The van der Waals surface area contributed by atoms with Crippen LogP contribution in [0.1, 0.15) is 53.4 Å². The third-order valence-electron chi connectivity index (χ3n) is 4.02. The van der Waals surface area contributed by atoms with Gasteiger partial charge in [0.25, 0.3) is 5.91 Å². The highest BCUT2D eigenvalue weighted by molar-refractivity contribution is 7.60. The molecule has 0 aromatic heterocycles. The SMILES string of the molecule is CC(C)=CCC/C(C)=C/CC/C(C)=C/C=N/NC(=O)COCCOC(=O)COP(=O)(O)OP(=O)(O)O. The van der Waals surface area contributed by atoms with Gasteiger partial charge in [0.15, 0.2) is 6.61 Å². The summed E-state index contributed by atoms with van der Waals surface area (Å²) in [5.74, 6) is -1.65. The van der Waals surface area contributed by atoms with Gasteiger partial charge in [0.1, 0.15) is 13.2 Å². The van der Waals surface area contributed by atoms with Crippen molar-refractivity contribution in [3.05, 3.63) is 34.9 Å². The van der Waals surface area contributed by atoms with Gasteiger partial charge in [0.2, 0.25) is 0 Å². The van der Waals surface area contributed by atoms with Gasteiger partial charge in [0.05, 0.1) is 6.61 Å². The quantitative estimate of drug-likeness (QED) is 0.0485. The topological polar surface area (TPSA) is 190 Å². The van der Waals surface area contributed by atoms with E-state index in [0.29, 0.717) is 0 Å². The number of allylic oxidation sites excluding steroid dienone is 6. The average Bonchev–Trinajstić information content (AvgIpc) is 2.73. The Morgan fingerprint density at radius 1 is 0.917 bits per heavy atom. The lowest BCUT2D eigenvalue weighted by atomic mass is 10.1. The third-order valence-corrected chi connectivity index (χ3v) is 6.16. The Kier molecular flexibility index (Phi) is 17.3.